The monoisotopic (exact) mass is 418 g/mol. The van der Waals surface area contributed by atoms with Crippen molar-refractivity contribution in [1.82, 2.24) is 24.9 Å². The van der Waals surface area contributed by atoms with Gasteiger partial charge in [-0.05, 0) is 31.2 Å². The molecule has 0 radical (unpaired) electrons. The van der Waals surface area contributed by atoms with E-state index in [2.05, 4.69) is 15.5 Å². The Bertz CT molecular complexity index is 949. The van der Waals surface area contributed by atoms with Crippen molar-refractivity contribution < 1.29 is 18.8 Å². The van der Waals surface area contributed by atoms with Gasteiger partial charge in [0.25, 0.3) is 11.8 Å². The molecule has 4 rings (SSSR count). The standard InChI is InChI=1S/C18H19FN6O3S/c1-2-24-17(27)13-9-23(7-8-25(13)18(24)28)10-14-21-22-16(29-14)15(26)20-12-5-3-11(19)4-6-12/h3-6,13H,2,7-10H2,1H3,(H,20,26)/t13-/m0/s1. The molecule has 2 aromatic rings. The van der Waals surface area contributed by atoms with Crippen molar-refractivity contribution in [2.75, 3.05) is 31.5 Å². The molecule has 0 unspecified atom stereocenters. The van der Waals surface area contributed by atoms with Crippen LogP contribution < -0.4 is 5.32 Å². The molecular weight excluding hydrogens is 399 g/mol. The molecule has 3 heterocycles. The van der Waals surface area contributed by atoms with Crippen molar-refractivity contribution >= 4 is 34.9 Å². The number of carbonyl (C=O) groups excluding carboxylic acids is 3. The second-order valence-electron chi connectivity index (χ2n) is 6.77. The zero-order valence-corrected chi connectivity index (χ0v) is 16.5. The third kappa shape index (κ3) is 3.83. The summed E-state index contributed by atoms with van der Waals surface area (Å²) in [5.41, 5.74) is 0.467. The molecule has 152 valence electrons. The lowest BCUT2D eigenvalue weighted by molar-refractivity contribution is -0.129. The number of amides is 4. The summed E-state index contributed by atoms with van der Waals surface area (Å²) in [7, 11) is 0. The first kappa shape index (κ1) is 19.4. The number of fused-ring (bicyclic) bond motifs is 1. The number of hydrogen-bond acceptors (Lipinski definition) is 7. The second kappa shape index (κ2) is 7.84. The van der Waals surface area contributed by atoms with Gasteiger partial charge in [-0.3, -0.25) is 19.4 Å². The van der Waals surface area contributed by atoms with Gasteiger partial charge >= 0.3 is 6.03 Å². The van der Waals surface area contributed by atoms with E-state index in [0.29, 0.717) is 43.4 Å². The Morgan fingerprint density at radius 3 is 2.72 bits per heavy atom. The molecule has 29 heavy (non-hydrogen) atoms. The predicted molar refractivity (Wildman–Crippen MR) is 103 cm³/mol. The molecule has 2 aliphatic rings. The van der Waals surface area contributed by atoms with E-state index < -0.39 is 11.9 Å². The van der Waals surface area contributed by atoms with Crippen molar-refractivity contribution in [3.63, 3.8) is 0 Å². The molecule has 0 bridgehead atoms. The van der Waals surface area contributed by atoms with Gasteiger partial charge in [-0.15, -0.1) is 10.2 Å². The van der Waals surface area contributed by atoms with Gasteiger partial charge in [0.05, 0.1) is 6.54 Å². The highest BCUT2D eigenvalue weighted by Gasteiger charge is 2.46. The third-order valence-corrected chi connectivity index (χ3v) is 5.84. The van der Waals surface area contributed by atoms with Crippen LogP contribution in [0.2, 0.25) is 0 Å². The number of imide groups is 1. The maximum atomic E-state index is 13.0. The number of halogens is 1. The van der Waals surface area contributed by atoms with Gasteiger partial charge in [-0.2, -0.15) is 0 Å². The highest BCUT2D eigenvalue weighted by atomic mass is 32.1. The lowest BCUT2D eigenvalue weighted by Gasteiger charge is -2.34. The first-order chi connectivity index (χ1) is 14.0. The fourth-order valence-electron chi connectivity index (χ4n) is 3.46. The fraction of sp³-hybridized carbons (Fsp3) is 0.389. The molecule has 2 aliphatic heterocycles. The molecule has 1 aromatic heterocycles. The summed E-state index contributed by atoms with van der Waals surface area (Å²) in [4.78, 5) is 41.8. The lowest BCUT2D eigenvalue weighted by atomic mass is 10.2. The molecule has 11 heteroatoms. The first-order valence-electron chi connectivity index (χ1n) is 9.20. The van der Waals surface area contributed by atoms with Gasteiger partial charge in [0.1, 0.15) is 16.9 Å². The maximum Gasteiger partial charge on any atom is 0.327 e. The van der Waals surface area contributed by atoms with E-state index in [1.165, 1.54) is 29.2 Å². The number of piperazine rings is 1. The van der Waals surface area contributed by atoms with Crippen LogP contribution in [0.3, 0.4) is 0 Å². The molecule has 2 fully saturated rings. The van der Waals surface area contributed by atoms with Gasteiger partial charge in [0, 0.05) is 31.9 Å². The lowest BCUT2D eigenvalue weighted by Crippen LogP contribution is -2.52. The quantitative estimate of drug-likeness (QED) is 0.737. The molecular formula is C18H19FN6O3S. The van der Waals surface area contributed by atoms with Crippen LogP contribution in [-0.4, -0.2) is 75.0 Å². The highest BCUT2D eigenvalue weighted by molar-refractivity contribution is 7.13. The Balaban J connectivity index is 1.37. The number of anilines is 1. The summed E-state index contributed by atoms with van der Waals surface area (Å²) in [6, 6.07) is 4.76. The van der Waals surface area contributed by atoms with Crippen LogP contribution in [0.5, 0.6) is 0 Å². The van der Waals surface area contributed by atoms with Crippen molar-refractivity contribution in [3.05, 3.63) is 40.1 Å². The van der Waals surface area contributed by atoms with Crippen molar-refractivity contribution in [3.8, 4) is 0 Å². The Hall–Kier alpha value is -2.92. The van der Waals surface area contributed by atoms with Crippen LogP contribution in [0, 0.1) is 5.82 Å². The number of benzene rings is 1. The van der Waals surface area contributed by atoms with Crippen LogP contribution in [-0.2, 0) is 11.3 Å². The molecule has 2 saturated heterocycles. The SMILES string of the molecule is CCN1C(=O)[C@@H]2CN(Cc3nnc(C(=O)Nc4ccc(F)cc4)s3)CCN2C1=O. The Morgan fingerprint density at radius 2 is 2.00 bits per heavy atom. The highest BCUT2D eigenvalue weighted by Crippen LogP contribution is 2.23. The molecule has 0 aliphatic carbocycles. The Kier molecular flexibility index (Phi) is 5.24. The van der Waals surface area contributed by atoms with Crippen LogP contribution in [0.1, 0.15) is 21.7 Å². The van der Waals surface area contributed by atoms with Gasteiger partial charge in [0.2, 0.25) is 5.01 Å². The second-order valence-corrected chi connectivity index (χ2v) is 7.83. The third-order valence-electron chi connectivity index (χ3n) is 4.93. The van der Waals surface area contributed by atoms with Crippen LogP contribution in [0.4, 0.5) is 14.9 Å². The fourth-order valence-corrected chi connectivity index (χ4v) is 4.24. The van der Waals surface area contributed by atoms with Crippen molar-refractivity contribution in [2.24, 2.45) is 0 Å². The van der Waals surface area contributed by atoms with E-state index in [1.54, 1.807) is 11.8 Å². The number of nitrogens with zero attached hydrogens (tertiary/aromatic N) is 5. The number of hydrogen-bond donors (Lipinski definition) is 1. The number of carbonyl (C=O) groups is 3. The summed E-state index contributed by atoms with van der Waals surface area (Å²) in [5, 5.41) is 11.5. The average Bonchev–Trinajstić information content (AvgIpc) is 3.27. The summed E-state index contributed by atoms with van der Waals surface area (Å²) >= 11 is 1.16. The van der Waals surface area contributed by atoms with Crippen molar-refractivity contribution in [1.29, 1.82) is 0 Å². The molecule has 0 spiro atoms. The van der Waals surface area contributed by atoms with Crippen LogP contribution in [0.25, 0.3) is 0 Å². The predicted octanol–water partition coefficient (Wildman–Crippen LogP) is 1.40. The smallest absolute Gasteiger partial charge is 0.320 e. The zero-order valence-electron chi connectivity index (χ0n) is 15.7. The number of likely N-dealkylation sites (N-methyl/N-ethyl adjacent to an activating group) is 1. The number of nitrogens with one attached hydrogen (secondary N) is 1. The first-order valence-corrected chi connectivity index (χ1v) is 10.0. The molecule has 0 saturated carbocycles. The van der Waals surface area contributed by atoms with Crippen LogP contribution in [0.15, 0.2) is 24.3 Å². The summed E-state index contributed by atoms with van der Waals surface area (Å²) in [6.07, 6.45) is 0. The Morgan fingerprint density at radius 1 is 1.24 bits per heavy atom. The molecule has 1 aromatic carbocycles. The minimum absolute atomic E-state index is 0.168. The van der Waals surface area contributed by atoms with E-state index in [9.17, 15) is 18.8 Å². The Labute approximate surface area is 170 Å². The van der Waals surface area contributed by atoms with Gasteiger partial charge in [0.15, 0.2) is 0 Å². The van der Waals surface area contributed by atoms with E-state index in [4.69, 9.17) is 0 Å². The topological polar surface area (TPSA) is 98.7 Å². The summed E-state index contributed by atoms with van der Waals surface area (Å²) < 4.78 is 13.0. The van der Waals surface area contributed by atoms with Gasteiger partial charge in [-0.25, -0.2) is 9.18 Å². The number of urea groups is 1. The zero-order chi connectivity index (χ0) is 20.5. The normalized spacial score (nSPS) is 19.6. The molecule has 1 atom stereocenters. The van der Waals surface area contributed by atoms with E-state index in [1.807, 2.05) is 4.90 Å². The number of aromatic nitrogens is 2. The summed E-state index contributed by atoms with van der Waals surface area (Å²) in [5.74, 6) is -0.968. The van der Waals surface area contributed by atoms with E-state index >= 15 is 0 Å². The molecule has 4 amide bonds. The molecule has 9 nitrogen and oxygen atoms in total. The van der Waals surface area contributed by atoms with Gasteiger partial charge in [-0.1, -0.05) is 11.3 Å². The summed E-state index contributed by atoms with van der Waals surface area (Å²) in [6.45, 7) is 4.11. The largest absolute Gasteiger partial charge is 0.327 e. The van der Waals surface area contributed by atoms with Crippen LogP contribution >= 0.6 is 11.3 Å². The minimum atomic E-state index is -0.467. The average molecular weight is 418 g/mol. The maximum absolute atomic E-state index is 13.0. The van der Waals surface area contributed by atoms with E-state index in [0.717, 1.165) is 11.3 Å². The number of rotatable bonds is 5. The molecule has 1 N–H and O–H groups in total. The van der Waals surface area contributed by atoms with Crippen molar-refractivity contribution in [2.45, 2.75) is 19.5 Å². The van der Waals surface area contributed by atoms with Gasteiger partial charge < -0.3 is 10.2 Å². The van der Waals surface area contributed by atoms with E-state index in [-0.39, 0.29) is 22.8 Å². The minimum Gasteiger partial charge on any atom is -0.320 e.